The summed E-state index contributed by atoms with van der Waals surface area (Å²) >= 11 is 7.10. The largest absolute Gasteiger partial charge is 0.290 e. The van der Waals surface area contributed by atoms with Crippen LogP contribution in [0.4, 0.5) is 0 Å². The lowest BCUT2D eigenvalue weighted by molar-refractivity contribution is 0.905. The van der Waals surface area contributed by atoms with E-state index in [9.17, 15) is 15.3 Å². The van der Waals surface area contributed by atoms with E-state index in [0.29, 0.717) is 26.7 Å². The molecule has 0 saturated carbocycles. The molecule has 0 aliphatic carbocycles. The molecule has 3 aromatic rings. The summed E-state index contributed by atoms with van der Waals surface area (Å²) in [5.74, 6) is 0. The maximum atomic E-state index is 12.5. The van der Waals surface area contributed by atoms with E-state index in [1.54, 1.807) is 24.5 Å². The maximum Gasteiger partial charge on any atom is 0.288 e. The minimum Gasteiger partial charge on any atom is -0.290 e. The predicted octanol–water partition coefficient (Wildman–Crippen LogP) is 3.41. The molecule has 7 heteroatoms. The number of halogens is 1. The van der Waals surface area contributed by atoms with Crippen molar-refractivity contribution < 1.29 is 0 Å². The molecule has 3 rings (SSSR count). The number of pyridine rings is 1. The number of nitrogens with one attached hydrogen (secondary N) is 1. The van der Waals surface area contributed by atoms with Gasteiger partial charge < -0.3 is 0 Å². The Bertz CT molecular complexity index is 1050. The fraction of sp³-hybridized carbons (Fsp3) is 0.0625. The highest BCUT2D eigenvalue weighted by atomic mass is 35.5. The van der Waals surface area contributed by atoms with E-state index in [2.05, 4.69) is 11.2 Å². The van der Waals surface area contributed by atoms with Crippen molar-refractivity contribution in [1.82, 2.24) is 9.61 Å². The Kier molecular flexibility index (Phi) is 3.87. The number of nitrogens with zero attached hydrogens (tertiary/aromatic N) is 3. The van der Waals surface area contributed by atoms with E-state index < -0.39 is 5.56 Å². The van der Waals surface area contributed by atoms with Crippen molar-refractivity contribution in [2.75, 3.05) is 6.26 Å². The van der Waals surface area contributed by atoms with Gasteiger partial charge in [0.15, 0.2) is 0 Å². The molecule has 1 N–H and O–H groups in total. The van der Waals surface area contributed by atoms with Gasteiger partial charge in [-0.05, 0) is 30.0 Å². The standard InChI is InChI=1S/C16H9ClN4OS/c1-23-15-11(7-18)14-6-13(9-2-4-10(17)5-3-9)20-21(14)16(22)12(15)8-19/h2-6,20H,1H3. The number of benzene rings is 1. The number of hydrogen-bond acceptors (Lipinski definition) is 4. The minimum atomic E-state index is -0.467. The maximum absolute atomic E-state index is 12.5. The van der Waals surface area contributed by atoms with Crippen LogP contribution < -0.4 is 5.56 Å². The SMILES string of the molecule is CSc1c(C#N)c(=O)n2[nH]c(-c3ccc(Cl)cc3)cc2c1C#N. The van der Waals surface area contributed by atoms with Crippen LogP contribution in [-0.4, -0.2) is 15.9 Å². The number of H-pyrrole nitrogens is 1. The molecule has 2 aromatic heterocycles. The summed E-state index contributed by atoms with van der Waals surface area (Å²) in [6.07, 6.45) is 1.74. The lowest BCUT2D eigenvalue weighted by atomic mass is 10.1. The molecule has 0 aliphatic rings. The minimum absolute atomic E-state index is 0.0314. The third-order valence-corrected chi connectivity index (χ3v) is 4.53. The van der Waals surface area contributed by atoms with Gasteiger partial charge in [0.1, 0.15) is 17.7 Å². The molecule has 0 unspecified atom stereocenters. The molecule has 5 nitrogen and oxygen atoms in total. The van der Waals surface area contributed by atoms with Crippen LogP contribution in [0.25, 0.3) is 16.8 Å². The first-order chi connectivity index (χ1) is 11.1. The van der Waals surface area contributed by atoms with Crippen LogP contribution in [0.5, 0.6) is 0 Å². The summed E-state index contributed by atoms with van der Waals surface area (Å²) in [7, 11) is 0. The average molecular weight is 341 g/mol. The second-order valence-electron chi connectivity index (χ2n) is 4.71. The molecular weight excluding hydrogens is 332 g/mol. The van der Waals surface area contributed by atoms with Crippen LogP contribution in [-0.2, 0) is 0 Å². The Morgan fingerprint density at radius 2 is 1.83 bits per heavy atom. The van der Waals surface area contributed by atoms with Gasteiger partial charge in [-0.2, -0.15) is 10.5 Å². The summed E-state index contributed by atoms with van der Waals surface area (Å²) in [5, 5.41) is 22.3. The molecule has 0 atom stereocenters. The molecule has 0 radical (unpaired) electrons. The van der Waals surface area contributed by atoms with E-state index in [1.807, 2.05) is 18.2 Å². The first kappa shape index (κ1) is 15.2. The van der Waals surface area contributed by atoms with Crippen molar-refractivity contribution in [1.29, 1.82) is 10.5 Å². The predicted molar refractivity (Wildman–Crippen MR) is 89.7 cm³/mol. The molecule has 2 heterocycles. The summed E-state index contributed by atoms with van der Waals surface area (Å²) in [6.45, 7) is 0. The highest BCUT2D eigenvalue weighted by molar-refractivity contribution is 7.98. The molecule has 112 valence electrons. The number of hydrogen-bond donors (Lipinski definition) is 1. The number of thioether (sulfide) groups is 1. The van der Waals surface area contributed by atoms with E-state index in [4.69, 9.17) is 11.6 Å². The number of fused-ring (bicyclic) bond motifs is 1. The lowest BCUT2D eigenvalue weighted by Crippen LogP contribution is -2.19. The fourth-order valence-corrected chi connectivity index (χ4v) is 3.21. The molecule has 0 aliphatic heterocycles. The van der Waals surface area contributed by atoms with Crippen molar-refractivity contribution in [3.63, 3.8) is 0 Å². The summed E-state index contributed by atoms with van der Waals surface area (Å²) in [4.78, 5) is 12.9. The van der Waals surface area contributed by atoms with E-state index >= 15 is 0 Å². The Hall–Kier alpha value is -2.67. The summed E-state index contributed by atoms with van der Waals surface area (Å²) < 4.78 is 1.24. The van der Waals surface area contributed by atoms with Crippen molar-refractivity contribution in [2.24, 2.45) is 0 Å². The van der Waals surface area contributed by atoms with Gasteiger partial charge >= 0.3 is 0 Å². The van der Waals surface area contributed by atoms with Gasteiger partial charge in [0.25, 0.3) is 5.56 Å². The highest BCUT2D eigenvalue weighted by Crippen LogP contribution is 2.28. The van der Waals surface area contributed by atoms with Gasteiger partial charge in [-0.25, -0.2) is 4.52 Å². The Labute approximate surface area is 140 Å². The Morgan fingerprint density at radius 1 is 1.17 bits per heavy atom. The highest BCUT2D eigenvalue weighted by Gasteiger charge is 2.19. The smallest absolute Gasteiger partial charge is 0.288 e. The van der Waals surface area contributed by atoms with Crippen LogP contribution in [0.3, 0.4) is 0 Å². The van der Waals surface area contributed by atoms with Crippen molar-refractivity contribution in [3.8, 4) is 23.4 Å². The van der Waals surface area contributed by atoms with Gasteiger partial charge in [0.2, 0.25) is 0 Å². The van der Waals surface area contributed by atoms with Crippen LogP contribution in [0.2, 0.25) is 5.02 Å². The number of aromatic amines is 1. The zero-order chi connectivity index (χ0) is 16.6. The van der Waals surface area contributed by atoms with Gasteiger partial charge in [0.05, 0.1) is 21.7 Å². The Balaban J connectivity index is 2.38. The number of aromatic nitrogens is 2. The van der Waals surface area contributed by atoms with E-state index in [0.717, 1.165) is 5.56 Å². The molecule has 0 fully saturated rings. The van der Waals surface area contributed by atoms with Gasteiger partial charge in [0, 0.05) is 5.02 Å². The van der Waals surface area contributed by atoms with Crippen LogP contribution >= 0.6 is 23.4 Å². The third kappa shape index (κ3) is 2.39. The molecular formula is C16H9ClN4OS. The second kappa shape index (κ2) is 5.85. The molecule has 23 heavy (non-hydrogen) atoms. The van der Waals surface area contributed by atoms with Crippen molar-refractivity contribution >= 4 is 28.9 Å². The van der Waals surface area contributed by atoms with Gasteiger partial charge in [-0.3, -0.25) is 9.89 Å². The first-order valence-electron chi connectivity index (χ1n) is 6.52. The number of nitriles is 2. The second-order valence-corrected chi connectivity index (χ2v) is 5.96. The summed E-state index contributed by atoms with van der Waals surface area (Å²) in [5.41, 5.74) is 1.75. The van der Waals surface area contributed by atoms with E-state index in [-0.39, 0.29) is 5.56 Å². The Morgan fingerprint density at radius 3 is 2.39 bits per heavy atom. The van der Waals surface area contributed by atoms with Crippen molar-refractivity contribution in [2.45, 2.75) is 4.90 Å². The van der Waals surface area contributed by atoms with Crippen LogP contribution in [0.15, 0.2) is 40.0 Å². The van der Waals surface area contributed by atoms with Gasteiger partial charge in [-0.1, -0.05) is 23.7 Å². The van der Waals surface area contributed by atoms with Crippen LogP contribution in [0.1, 0.15) is 11.1 Å². The molecule has 0 saturated heterocycles. The lowest BCUT2D eigenvalue weighted by Gasteiger charge is -2.04. The monoisotopic (exact) mass is 340 g/mol. The zero-order valence-corrected chi connectivity index (χ0v) is 13.5. The third-order valence-electron chi connectivity index (χ3n) is 3.46. The topological polar surface area (TPSA) is 84.8 Å². The van der Waals surface area contributed by atoms with Crippen molar-refractivity contribution in [3.05, 3.63) is 56.8 Å². The quantitative estimate of drug-likeness (QED) is 0.724. The molecule has 0 spiro atoms. The number of rotatable bonds is 2. The van der Waals surface area contributed by atoms with Gasteiger partial charge in [-0.15, -0.1) is 11.8 Å². The van der Waals surface area contributed by atoms with E-state index in [1.165, 1.54) is 16.3 Å². The van der Waals surface area contributed by atoms with Crippen LogP contribution in [0, 0.1) is 22.7 Å². The molecule has 0 bridgehead atoms. The average Bonchev–Trinajstić information content (AvgIpc) is 3.00. The summed E-state index contributed by atoms with van der Waals surface area (Å²) in [6, 6.07) is 12.8. The fourth-order valence-electron chi connectivity index (χ4n) is 2.40. The first-order valence-corrected chi connectivity index (χ1v) is 8.12. The molecule has 1 aromatic carbocycles. The zero-order valence-electron chi connectivity index (χ0n) is 11.9. The molecule has 0 amide bonds. The normalized spacial score (nSPS) is 10.4.